The molecular formula is C18H28F6N7O3P. The number of amides is 1. The number of hydrogen-bond donors (Lipinski definition) is 3. The monoisotopic (exact) mass is 535 g/mol. The summed E-state index contributed by atoms with van der Waals surface area (Å²) in [7, 11) is -10.7. The summed E-state index contributed by atoms with van der Waals surface area (Å²) in [5.74, 6) is -0.926. The maximum absolute atomic E-state index is 12.2. The zero-order valence-corrected chi connectivity index (χ0v) is 19.9. The van der Waals surface area contributed by atoms with Gasteiger partial charge in [-0.15, -0.1) is 5.10 Å². The fourth-order valence-corrected chi connectivity index (χ4v) is 3.47. The molecule has 1 fully saturated rings. The number of piperidine rings is 1. The van der Waals surface area contributed by atoms with Gasteiger partial charge in [0.05, 0.1) is 18.9 Å². The van der Waals surface area contributed by atoms with Gasteiger partial charge in [0.25, 0.3) is 0 Å². The molecule has 3 heterocycles. The van der Waals surface area contributed by atoms with E-state index in [1.165, 1.54) is 4.68 Å². The van der Waals surface area contributed by atoms with E-state index < -0.39 is 19.8 Å². The van der Waals surface area contributed by atoms with Gasteiger partial charge < -0.3 is 15.3 Å². The van der Waals surface area contributed by atoms with Crippen LogP contribution < -0.4 is 10.2 Å². The summed E-state index contributed by atoms with van der Waals surface area (Å²) in [6, 6.07) is -0.116. The van der Waals surface area contributed by atoms with Gasteiger partial charge >= 0.3 is 39.0 Å². The summed E-state index contributed by atoms with van der Waals surface area (Å²) in [5.41, 5.74) is 1.64. The van der Waals surface area contributed by atoms with Crippen molar-refractivity contribution < 1.29 is 44.8 Å². The predicted octanol–water partition coefficient (Wildman–Crippen LogP) is 2.78. The Bertz CT molecular complexity index is 1010. The Morgan fingerprint density at radius 2 is 1.86 bits per heavy atom. The molecule has 1 aliphatic heterocycles. The van der Waals surface area contributed by atoms with Crippen molar-refractivity contribution in [3.05, 3.63) is 29.8 Å². The zero-order valence-electron chi connectivity index (χ0n) is 19.1. The molecule has 0 aliphatic carbocycles. The van der Waals surface area contributed by atoms with Crippen molar-refractivity contribution in [3.63, 3.8) is 0 Å². The van der Waals surface area contributed by atoms with Crippen molar-refractivity contribution in [1.82, 2.24) is 30.1 Å². The van der Waals surface area contributed by atoms with Gasteiger partial charge in [0.2, 0.25) is 5.91 Å². The second-order valence-electron chi connectivity index (χ2n) is 8.54. The molecule has 1 aliphatic rings. The van der Waals surface area contributed by atoms with Gasteiger partial charge in [-0.1, -0.05) is 5.21 Å². The van der Waals surface area contributed by atoms with Gasteiger partial charge in [-0.25, -0.2) is 9.48 Å². The first kappa shape index (κ1) is 28.5. The van der Waals surface area contributed by atoms with Crippen LogP contribution in [-0.4, -0.2) is 54.3 Å². The first-order valence-corrected chi connectivity index (χ1v) is 12.7. The van der Waals surface area contributed by atoms with E-state index in [1.54, 1.807) is 12.4 Å². The molecule has 0 bridgehead atoms. The average Bonchev–Trinajstić information content (AvgIpc) is 3.34. The first-order chi connectivity index (χ1) is 15.9. The van der Waals surface area contributed by atoms with Crippen molar-refractivity contribution in [2.45, 2.75) is 64.8 Å². The number of likely N-dealkylation sites (tertiary alicyclic amines) is 1. The number of aromatic nitrogens is 5. The number of carbonyl (C=O) groups is 2. The van der Waals surface area contributed by atoms with Crippen LogP contribution in [0.5, 0.6) is 0 Å². The van der Waals surface area contributed by atoms with Crippen molar-refractivity contribution in [2.75, 3.05) is 6.54 Å². The van der Waals surface area contributed by atoms with E-state index in [-0.39, 0.29) is 18.5 Å². The number of carboxylic acid groups (broad SMARTS) is 1. The number of rotatable bonds is 8. The summed E-state index contributed by atoms with van der Waals surface area (Å²) in [5, 5.41) is 24.6. The summed E-state index contributed by atoms with van der Waals surface area (Å²) in [6.07, 6.45) is 8.03. The molecule has 2 aromatic heterocycles. The molecule has 1 amide bonds. The molecule has 0 saturated carbocycles. The molecule has 3 rings (SSSR count). The molecule has 10 nitrogen and oxygen atoms in total. The SMILES string of the molecule is CC(C)n1cc(CNC(=O)Cn2cc(C[NH+]3CCCCC3C(=O)O)nn2)cn1.F[P-](F)(F)(F)(F)F. The van der Waals surface area contributed by atoms with Crippen molar-refractivity contribution >= 4 is 19.7 Å². The molecule has 0 spiro atoms. The summed E-state index contributed by atoms with van der Waals surface area (Å²) in [4.78, 5) is 24.6. The molecule has 200 valence electrons. The van der Waals surface area contributed by atoms with Crippen LogP contribution in [0, 0.1) is 0 Å². The molecule has 1 saturated heterocycles. The van der Waals surface area contributed by atoms with E-state index in [4.69, 9.17) is 0 Å². The fraction of sp³-hybridized carbons (Fsp3) is 0.611. The molecule has 0 radical (unpaired) electrons. The Labute approximate surface area is 196 Å². The molecule has 3 N–H and O–H groups in total. The number of carboxylic acids is 1. The van der Waals surface area contributed by atoms with Crippen molar-refractivity contribution in [3.8, 4) is 0 Å². The molecule has 2 unspecified atom stereocenters. The molecule has 35 heavy (non-hydrogen) atoms. The zero-order chi connectivity index (χ0) is 26.5. The van der Waals surface area contributed by atoms with E-state index in [9.17, 15) is 39.9 Å². The third-order valence-corrected chi connectivity index (χ3v) is 5.01. The maximum atomic E-state index is 12.2. The summed E-state index contributed by atoms with van der Waals surface area (Å²) in [6.45, 7) is 5.89. The second kappa shape index (κ2) is 10.1. The van der Waals surface area contributed by atoms with Gasteiger partial charge in [-0.3, -0.25) is 9.48 Å². The van der Waals surface area contributed by atoms with Crippen LogP contribution in [0.1, 0.15) is 50.4 Å². The predicted molar refractivity (Wildman–Crippen MR) is 113 cm³/mol. The van der Waals surface area contributed by atoms with Crippen LogP contribution >= 0.6 is 7.81 Å². The first-order valence-electron chi connectivity index (χ1n) is 10.7. The van der Waals surface area contributed by atoms with Crippen LogP contribution in [-0.2, 0) is 29.2 Å². The number of nitrogens with one attached hydrogen (secondary N) is 2. The van der Waals surface area contributed by atoms with Crippen LogP contribution in [0.4, 0.5) is 25.2 Å². The molecule has 0 aromatic carbocycles. The van der Waals surface area contributed by atoms with Gasteiger partial charge in [-0.05, 0) is 26.7 Å². The Hall–Kier alpha value is -2.74. The summed E-state index contributed by atoms with van der Waals surface area (Å²) < 4.78 is 62.5. The third kappa shape index (κ3) is 12.0. The third-order valence-electron chi connectivity index (χ3n) is 5.01. The molecule has 2 atom stereocenters. The van der Waals surface area contributed by atoms with Gasteiger partial charge in [0.15, 0.2) is 6.04 Å². The molecular weight excluding hydrogens is 507 g/mol. The number of quaternary nitrogens is 1. The second-order valence-corrected chi connectivity index (χ2v) is 10.5. The van der Waals surface area contributed by atoms with Crippen LogP contribution in [0.15, 0.2) is 18.6 Å². The quantitative estimate of drug-likeness (QED) is 0.354. The van der Waals surface area contributed by atoms with Gasteiger partial charge in [0, 0.05) is 30.8 Å². The Morgan fingerprint density at radius 1 is 1.20 bits per heavy atom. The van der Waals surface area contributed by atoms with Gasteiger partial charge in [-0.2, -0.15) is 5.10 Å². The van der Waals surface area contributed by atoms with Crippen LogP contribution in [0.3, 0.4) is 0 Å². The Balaban J connectivity index is 0.000000540. The summed E-state index contributed by atoms with van der Waals surface area (Å²) >= 11 is 0. The van der Waals surface area contributed by atoms with E-state index >= 15 is 0 Å². The number of nitrogens with zero attached hydrogens (tertiary/aromatic N) is 5. The van der Waals surface area contributed by atoms with E-state index in [0.717, 1.165) is 29.8 Å². The van der Waals surface area contributed by atoms with Crippen LogP contribution in [0.2, 0.25) is 0 Å². The minimum atomic E-state index is -10.7. The average molecular weight is 535 g/mol. The van der Waals surface area contributed by atoms with E-state index in [0.29, 0.717) is 25.2 Å². The number of carbonyl (C=O) groups excluding carboxylic acids is 1. The van der Waals surface area contributed by atoms with Gasteiger partial charge in [0.1, 0.15) is 18.8 Å². The normalized spacial score (nSPS) is 20.4. The number of aliphatic carboxylic acids is 1. The number of hydrogen-bond acceptors (Lipinski definition) is 5. The van der Waals surface area contributed by atoms with E-state index in [2.05, 4.69) is 20.7 Å². The van der Waals surface area contributed by atoms with Crippen LogP contribution in [0.25, 0.3) is 0 Å². The fourth-order valence-electron chi connectivity index (χ4n) is 3.47. The molecule has 17 heteroatoms. The van der Waals surface area contributed by atoms with E-state index in [1.807, 2.05) is 24.7 Å². The Morgan fingerprint density at radius 3 is 2.43 bits per heavy atom. The van der Waals surface area contributed by atoms with Crippen molar-refractivity contribution in [1.29, 1.82) is 0 Å². The molecule has 2 aromatic rings. The Kier molecular flexibility index (Phi) is 8.22. The van der Waals surface area contributed by atoms with Crippen molar-refractivity contribution in [2.24, 2.45) is 0 Å². The number of halogens is 6. The minimum absolute atomic E-state index is 0.0724. The standard InChI is InChI=1S/C18H27N7O3.F6P/c1-13(2)25-9-14(8-20-25)7-19-17(26)12-24-11-15(21-22-24)10-23-6-4-3-5-16(23)18(27)28;1-7(2,3,4,5)6/h8-9,11,13,16H,3-7,10,12H2,1-2H3,(H,19,26)(H,27,28);/q;-1/p+1. The topological polar surface area (TPSA) is 119 Å².